The summed E-state index contributed by atoms with van der Waals surface area (Å²) in [5.41, 5.74) is 2.92. The van der Waals surface area contributed by atoms with Crippen LogP contribution in [-0.2, 0) is 16.4 Å². The van der Waals surface area contributed by atoms with Gasteiger partial charge >= 0.3 is 0 Å². The molecule has 146 valence electrons. The standard InChI is InChI=1S/C20H20BrN3O3S/c21-15-11-14-7-10-27-19(14)18(12-15)28(25,26)24-8-5-13(6-9-24)20-22-16-3-1-2-4-17(16)23-20/h1-4,11-13H,5-10H2,(H,22,23). The number of hydrogen-bond acceptors (Lipinski definition) is 4. The molecule has 0 bridgehead atoms. The van der Waals surface area contributed by atoms with Crippen LogP contribution in [0.3, 0.4) is 0 Å². The first-order valence-corrected chi connectivity index (χ1v) is 11.7. The summed E-state index contributed by atoms with van der Waals surface area (Å²) in [5.74, 6) is 1.70. The molecular formula is C20H20BrN3O3S. The van der Waals surface area contributed by atoms with Crippen LogP contribution in [-0.4, -0.2) is 42.4 Å². The second-order valence-corrected chi connectivity index (χ2v) is 10.1. The minimum absolute atomic E-state index is 0.239. The van der Waals surface area contributed by atoms with Crippen LogP contribution in [0.25, 0.3) is 11.0 Å². The molecule has 0 amide bonds. The van der Waals surface area contributed by atoms with Crippen LogP contribution in [0.5, 0.6) is 5.75 Å². The second-order valence-electron chi connectivity index (χ2n) is 7.31. The summed E-state index contributed by atoms with van der Waals surface area (Å²) in [6, 6.07) is 11.6. The van der Waals surface area contributed by atoms with E-state index in [0.29, 0.717) is 25.4 Å². The SMILES string of the molecule is O=S(=O)(c1cc(Br)cc2c1OCC2)N1CCC(c2nc3ccccc3[nH]2)CC1. The summed E-state index contributed by atoms with van der Waals surface area (Å²) in [6.45, 7) is 1.49. The number of aromatic amines is 1. The van der Waals surface area contributed by atoms with Crippen molar-refractivity contribution < 1.29 is 13.2 Å². The van der Waals surface area contributed by atoms with E-state index < -0.39 is 10.0 Å². The number of fused-ring (bicyclic) bond motifs is 2. The number of halogens is 1. The van der Waals surface area contributed by atoms with Gasteiger partial charge in [0.15, 0.2) is 0 Å². The molecule has 0 unspecified atom stereocenters. The van der Waals surface area contributed by atoms with Gasteiger partial charge < -0.3 is 9.72 Å². The Labute approximate surface area is 172 Å². The molecule has 1 N–H and O–H groups in total. The molecule has 1 saturated heterocycles. The number of imidazole rings is 1. The van der Waals surface area contributed by atoms with Crippen LogP contribution < -0.4 is 4.74 Å². The minimum Gasteiger partial charge on any atom is -0.492 e. The molecule has 0 aliphatic carbocycles. The Morgan fingerprint density at radius 3 is 2.75 bits per heavy atom. The lowest BCUT2D eigenvalue weighted by Gasteiger charge is -2.30. The van der Waals surface area contributed by atoms with Crippen molar-refractivity contribution in [1.82, 2.24) is 14.3 Å². The fourth-order valence-electron chi connectivity index (χ4n) is 4.10. The third-order valence-electron chi connectivity index (χ3n) is 5.58. The predicted octanol–water partition coefficient (Wildman–Crippen LogP) is 3.83. The first-order chi connectivity index (χ1) is 13.5. The number of para-hydroxylation sites is 2. The zero-order valence-corrected chi connectivity index (χ0v) is 17.6. The zero-order chi connectivity index (χ0) is 19.3. The maximum Gasteiger partial charge on any atom is 0.246 e. The topological polar surface area (TPSA) is 75.3 Å². The highest BCUT2D eigenvalue weighted by Crippen LogP contribution is 2.39. The molecule has 28 heavy (non-hydrogen) atoms. The van der Waals surface area contributed by atoms with E-state index in [9.17, 15) is 8.42 Å². The number of hydrogen-bond donors (Lipinski definition) is 1. The van der Waals surface area contributed by atoms with Crippen molar-refractivity contribution in [2.75, 3.05) is 19.7 Å². The van der Waals surface area contributed by atoms with E-state index in [1.165, 1.54) is 0 Å². The van der Waals surface area contributed by atoms with Crippen molar-refractivity contribution in [3.63, 3.8) is 0 Å². The molecule has 2 aliphatic heterocycles. The summed E-state index contributed by atoms with van der Waals surface area (Å²) in [5, 5.41) is 0. The smallest absolute Gasteiger partial charge is 0.246 e. The number of aromatic nitrogens is 2. The Balaban J connectivity index is 1.38. The Kier molecular flexibility index (Phi) is 4.45. The highest BCUT2D eigenvalue weighted by molar-refractivity contribution is 9.10. The molecule has 8 heteroatoms. The third-order valence-corrected chi connectivity index (χ3v) is 7.94. The summed E-state index contributed by atoms with van der Waals surface area (Å²) < 4.78 is 34.6. The number of nitrogens with zero attached hydrogens (tertiary/aromatic N) is 2. The van der Waals surface area contributed by atoms with Crippen LogP contribution in [0.4, 0.5) is 0 Å². The first kappa shape index (κ1) is 18.1. The number of nitrogens with one attached hydrogen (secondary N) is 1. The van der Waals surface area contributed by atoms with E-state index in [1.54, 1.807) is 10.4 Å². The van der Waals surface area contributed by atoms with Crippen LogP contribution in [0.15, 0.2) is 45.8 Å². The lowest BCUT2D eigenvalue weighted by molar-refractivity contribution is 0.310. The lowest BCUT2D eigenvalue weighted by Crippen LogP contribution is -2.38. The van der Waals surface area contributed by atoms with Gasteiger partial charge in [0.1, 0.15) is 16.5 Å². The quantitative estimate of drug-likeness (QED) is 0.642. The van der Waals surface area contributed by atoms with Gasteiger partial charge in [0.2, 0.25) is 10.0 Å². The number of piperidine rings is 1. The molecule has 2 aromatic carbocycles. The molecule has 0 spiro atoms. The van der Waals surface area contributed by atoms with Crippen molar-refractivity contribution in [2.24, 2.45) is 0 Å². The van der Waals surface area contributed by atoms with E-state index in [0.717, 1.165) is 46.2 Å². The fourth-order valence-corrected chi connectivity index (χ4v) is 6.43. The minimum atomic E-state index is -3.59. The van der Waals surface area contributed by atoms with E-state index >= 15 is 0 Å². The number of sulfonamides is 1. The summed E-state index contributed by atoms with van der Waals surface area (Å²) in [4.78, 5) is 8.35. The lowest BCUT2D eigenvalue weighted by atomic mass is 9.97. The Hall–Kier alpha value is -1.90. The monoisotopic (exact) mass is 461 g/mol. The van der Waals surface area contributed by atoms with E-state index in [2.05, 4.69) is 20.9 Å². The van der Waals surface area contributed by atoms with Gasteiger partial charge in [-0.05, 0) is 37.1 Å². The molecule has 6 nitrogen and oxygen atoms in total. The molecule has 0 saturated carbocycles. The molecule has 3 aromatic rings. The molecule has 5 rings (SSSR count). The van der Waals surface area contributed by atoms with Gasteiger partial charge in [0, 0.05) is 35.5 Å². The highest BCUT2D eigenvalue weighted by Gasteiger charge is 2.34. The number of benzene rings is 2. The van der Waals surface area contributed by atoms with Crippen molar-refractivity contribution in [2.45, 2.75) is 30.1 Å². The molecule has 3 heterocycles. The molecule has 1 fully saturated rings. The van der Waals surface area contributed by atoms with Crippen LogP contribution in [0.1, 0.15) is 30.1 Å². The van der Waals surface area contributed by atoms with Gasteiger partial charge in [-0.2, -0.15) is 4.31 Å². The summed E-state index contributed by atoms with van der Waals surface area (Å²) in [6.07, 6.45) is 2.23. The fraction of sp³-hybridized carbons (Fsp3) is 0.350. The normalized spacial score (nSPS) is 18.3. The molecular weight excluding hydrogens is 442 g/mol. The Bertz CT molecular complexity index is 1120. The molecule has 0 radical (unpaired) electrons. The average Bonchev–Trinajstić information content (AvgIpc) is 3.34. The van der Waals surface area contributed by atoms with Crippen LogP contribution >= 0.6 is 15.9 Å². The molecule has 0 atom stereocenters. The van der Waals surface area contributed by atoms with E-state index in [-0.39, 0.29) is 10.8 Å². The number of rotatable bonds is 3. The van der Waals surface area contributed by atoms with Crippen LogP contribution in [0, 0.1) is 0 Å². The van der Waals surface area contributed by atoms with Gasteiger partial charge in [0.25, 0.3) is 0 Å². The van der Waals surface area contributed by atoms with Gasteiger partial charge in [-0.1, -0.05) is 28.1 Å². The molecule has 1 aromatic heterocycles. The van der Waals surface area contributed by atoms with Crippen molar-refractivity contribution in [3.05, 3.63) is 52.3 Å². The van der Waals surface area contributed by atoms with E-state index in [4.69, 9.17) is 9.72 Å². The van der Waals surface area contributed by atoms with Crippen molar-refractivity contribution >= 4 is 37.0 Å². The van der Waals surface area contributed by atoms with Crippen molar-refractivity contribution in [1.29, 1.82) is 0 Å². The van der Waals surface area contributed by atoms with Gasteiger partial charge in [-0.15, -0.1) is 0 Å². The first-order valence-electron chi connectivity index (χ1n) is 9.42. The number of ether oxygens (including phenoxy) is 1. The van der Waals surface area contributed by atoms with Crippen LogP contribution in [0.2, 0.25) is 0 Å². The maximum atomic E-state index is 13.3. The summed E-state index contributed by atoms with van der Waals surface area (Å²) >= 11 is 3.44. The maximum absolute atomic E-state index is 13.3. The predicted molar refractivity (Wildman–Crippen MR) is 110 cm³/mol. The van der Waals surface area contributed by atoms with Gasteiger partial charge in [0.05, 0.1) is 17.6 Å². The third kappa shape index (κ3) is 3.03. The highest BCUT2D eigenvalue weighted by atomic mass is 79.9. The van der Waals surface area contributed by atoms with Gasteiger partial charge in [-0.3, -0.25) is 0 Å². The zero-order valence-electron chi connectivity index (χ0n) is 15.2. The van der Waals surface area contributed by atoms with Gasteiger partial charge in [-0.25, -0.2) is 13.4 Å². The second kappa shape index (κ2) is 6.86. The Morgan fingerprint density at radius 1 is 1.18 bits per heavy atom. The Morgan fingerprint density at radius 2 is 1.96 bits per heavy atom. The summed E-state index contributed by atoms with van der Waals surface area (Å²) in [7, 11) is -3.59. The van der Waals surface area contributed by atoms with E-state index in [1.807, 2.05) is 30.3 Å². The largest absolute Gasteiger partial charge is 0.492 e. The average molecular weight is 462 g/mol. The molecule has 2 aliphatic rings. The number of H-pyrrole nitrogens is 1. The van der Waals surface area contributed by atoms with Crippen molar-refractivity contribution in [3.8, 4) is 5.75 Å².